The molecule has 1 aliphatic heterocycles. The Morgan fingerprint density at radius 2 is 2.20 bits per heavy atom. The SMILES string of the molecule is Oc1cccc([C@H]2CN(c3ncccc3F)CCO2)c1. The molecular formula is C15H15FN2O2. The molecule has 0 saturated carbocycles. The van der Waals surface area contributed by atoms with Crippen LogP contribution in [-0.2, 0) is 4.74 Å². The number of phenols is 1. The Hall–Kier alpha value is -2.14. The molecule has 1 atom stereocenters. The number of nitrogens with zero attached hydrogens (tertiary/aromatic N) is 2. The lowest BCUT2D eigenvalue weighted by atomic mass is 10.1. The van der Waals surface area contributed by atoms with Crippen molar-refractivity contribution in [2.45, 2.75) is 6.10 Å². The van der Waals surface area contributed by atoms with E-state index in [2.05, 4.69) is 4.98 Å². The maximum atomic E-state index is 13.8. The molecule has 1 aliphatic rings. The van der Waals surface area contributed by atoms with Gasteiger partial charge in [-0.3, -0.25) is 0 Å². The number of morpholine rings is 1. The zero-order valence-corrected chi connectivity index (χ0v) is 10.9. The van der Waals surface area contributed by atoms with Crippen molar-refractivity contribution >= 4 is 5.82 Å². The highest BCUT2D eigenvalue weighted by Crippen LogP contribution is 2.27. The van der Waals surface area contributed by atoms with Crippen LogP contribution >= 0.6 is 0 Å². The van der Waals surface area contributed by atoms with Gasteiger partial charge in [-0.15, -0.1) is 0 Å². The predicted octanol–water partition coefficient (Wildman–Crippen LogP) is 2.50. The minimum atomic E-state index is -0.330. The first-order chi connectivity index (χ1) is 9.74. The van der Waals surface area contributed by atoms with Crippen molar-refractivity contribution in [1.29, 1.82) is 0 Å². The number of aromatic nitrogens is 1. The summed E-state index contributed by atoms with van der Waals surface area (Å²) in [6.45, 7) is 1.61. The number of phenolic OH excluding ortho intramolecular Hbond substituents is 1. The van der Waals surface area contributed by atoms with E-state index in [1.165, 1.54) is 6.07 Å². The van der Waals surface area contributed by atoms with Crippen molar-refractivity contribution in [2.24, 2.45) is 0 Å². The van der Waals surface area contributed by atoms with Crippen molar-refractivity contribution in [3.05, 3.63) is 54.0 Å². The van der Waals surface area contributed by atoms with Crippen molar-refractivity contribution in [3.8, 4) is 5.75 Å². The van der Waals surface area contributed by atoms with Crippen LogP contribution in [-0.4, -0.2) is 29.8 Å². The zero-order valence-electron chi connectivity index (χ0n) is 10.9. The molecule has 3 rings (SSSR count). The normalized spacial score (nSPS) is 19.1. The summed E-state index contributed by atoms with van der Waals surface area (Å²) in [4.78, 5) is 5.96. The summed E-state index contributed by atoms with van der Waals surface area (Å²) in [5.41, 5.74) is 0.881. The van der Waals surface area contributed by atoms with Crippen LogP contribution in [0.5, 0.6) is 5.75 Å². The van der Waals surface area contributed by atoms with Gasteiger partial charge in [-0.2, -0.15) is 0 Å². The van der Waals surface area contributed by atoms with Gasteiger partial charge in [0.15, 0.2) is 11.6 Å². The molecule has 0 aliphatic carbocycles. The molecule has 0 amide bonds. The average molecular weight is 274 g/mol. The Bertz CT molecular complexity index is 606. The Morgan fingerprint density at radius 1 is 1.30 bits per heavy atom. The van der Waals surface area contributed by atoms with E-state index in [0.717, 1.165) is 5.56 Å². The number of benzene rings is 1. The zero-order chi connectivity index (χ0) is 13.9. The van der Waals surface area contributed by atoms with Crippen molar-refractivity contribution in [3.63, 3.8) is 0 Å². The van der Waals surface area contributed by atoms with Crippen LogP contribution in [0.1, 0.15) is 11.7 Å². The molecule has 0 spiro atoms. The number of aromatic hydroxyl groups is 1. The topological polar surface area (TPSA) is 45.6 Å². The summed E-state index contributed by atoms with van der Waals surface area (Å²) in [6.07, 6.45) is 1.38. The van der Waals surface area contributed by atoms with Crippen LogP contribution in [0.3, 0.4) is 0 Å². The standard InChI is InChI=1S/C15H15FN2O2/c16-13-5-2-6-17-15(13)18-7-8-20-14(10-18)11-3-1-4-12(19)9-11/h1-6,9,14,19H,7-8,10H2/t14-/m1/s1. The summed E-state index contributed by atoms with van der Waals surface area (Å²) in [6, 6.07) is 9.93. The Labute approximate surface area is 116 Å². The van der Waals surface area contributed by atoms with Crippen LogP contribution in [0.4, 0.5) is 10.2 Å². The lowest BCUT2D eigenvalue weighted by Crippen LogP contribution is -2.39. The highest BCUT2D eigenvalue weighted by Gasteiger charge is 2.24. The van der Waals surface area contributed by atoms with Gasteiger partial charge < -0.3 is 14.7 Å². The number of hydrogen-bond donors (Lipinski definition) is 1. The number of halogens is 1. The lowest BCUT2D eigenvalue weighted by molar-refractivity contribution is 0.0391. The van der Waals surface area contributed by atoms with Crippen molar-refractivity contribution in [1.82, 2.24) is 4.98 Å². The fourth-order valence-corrected chi connectivity index (χ4v) is 2.38. The van der Waals surface area contributed by atoms with E-state index in [4.69, 9.17) is 4.74 Å². The largest absolute Gasteiger partial charge is 0.508 e. The molecule has 1 aromatic carbocycles. The third-order valence-electron chi connectivity index (χ3n) is 3.35. The first-order valence-electron chi connectivity index (χ1n) is 6.50. The van der Waals surface area contributed by atoms with E-state index in [9.17, 15) is 9.50 Å². The first kappa shape index (κ1) is 12.9. The molecule has 1 saturated heterocycles. The molecule has 1 aromatic heterocycles. The number of ether oxygens (including phenoxy) is 1. The van der Waals surface area contributed by atoms with E-state index >= 15 is 0 Å². The molecule has 0 bridgehead atoms. The molecule has 20 heavy (non-hydrogen) atoms. The fourth-order valence-electron chi connectivity index (χ4n) is 2.38. The Balaban J connectivity index is 1.82. The van der Waals surface area contributed by atoms with E-state index in [-0.39, 0.29) is 17.7 Å². The third-order valence-corrected chi connectivity index (χ3v) is 3.35. The molecule has 2 aromatic rings. The number of pyridine rings is 1. The Morgan fingerprint density at radius 3 is 3.00 bits per heavy atom. The fraction of sp³-hybridized carbons (Fsp3) is 0.267. The second-order valence-corrected chi connectivity index (χ2v) is 4.71. The molecule has 104 valence electrons. The van der Waals surface area contributed by atoms with Gasteiger partial charge in [0, 0.05) is 19.3 Å². The second kappa shape index (κ2) is 5.46. The maximum Gasteiger partial charge on any atom is 0.165 e. The molecular weight excluding hydrogens is 259 g/mol. The molecule has 2 heterocycles. The van der Waals surface area contributed by atoms with E-state index < -0.39 is 0 Å². The van der Waals surface area contributed by atoms with Crippen LogP contribution in [0.2, 0.25) is 0 Å². The van der Waals surface area contributed by atoms with Gasteiger partial charge in [-0.1, -0.05) is 12.1 Å². The van der Waals surface area contributed by atoms with Crippen LogP contribution in [0, 0.1) is 5.82 Å². The molecule has 0 unspecified atom stereocenters. The molecule has 1 fully saturated rings. The van der Waals surface area contributed by atoms with E-state index in [1.807, 2.05) is 11.0 Å². The number of hydrogen-bond acceptors (Lipinski definition) is 4. The van der Waals surface area contributed by atoms with Crippen LogP contribution in [0.15, 0.2) is 42.6 Å². The van der Waals surface area contributed by atoms with Crippen molar-refractivity contribution in [2.75, 3.05) is 24.6 Å². The monoisotopic (exact) mass is 274 g/mol. The minimum Gasteiger partial charge on any atom is -0.508 e. The number of rotatable bonds is 2. The summed E-state index contributed by atoms with van der Waals surface area (Å²) < 4.78 is 19.5. The average Bonchev–Trinajstić information content (AvgIpc) is 2.48. The molecule has 4 nitrogen and oxygen atoms in total. The highest BCUT2D eigenvalue weighted by molar-refractivity contribution is 5.41. The summed E-state index contributed by atoms with van der Waals surface area (Å²) >= 11 is 0. The molecule has 5 heteroatoms. The summed E-state index contributed by atoms with van der Waals surface area (Å²) in [5, 5.41) is 9.53. The quantitative estimate of drug-likeness (QED) is 0.914. The van der Waals surface area contributed by atoms with Gasteiger partial charge in [0.25, 0.3) is 0 Å². The molecule has 1 N–H and O–H groups in total. The van der Waals surface area contributed by atoms with Gasteiger partial charge in [0.1, 0.15) is 11.9 Å². The van der Waals surface area contributed by atoms with E-state index in [1.54, 1.807) is 30.5 Å². The second-order valence-electron chi connectivity index (χ2n) is 4.71. The maximum absolute atomic E-state index is 13.8. The Kier molecular flexibility index (Phi) is 3.52. The van der Waals surface area contributed by atoms with Gasteiger partial charge in [-0.25, -0.2) is 9.37 Å². The van der Waals surface area contributed by atoms with Crippen LogP contribution < -0.4 is 4.90 Å². The van der Waals surface area contributed by atoms with E-state index in [0.29, 0.717) is 25.5 Å². The third kappa shape index (κ3) is 2.58. The summed E-state index contributed by atoms with van der Waals surface area (Å²) in [5.74, 6) is 0.220. The van der Waals surface area contributed by atoms with Gasteiger partial charge in [0.2, 0.25) is 0 Å². The summed E-state index contributed by atoms with van der Waals surface area (Å²) in [7, 11) is 0. The van der Waals surface area contributed by atoms with Crippen LogP contribution in [0.25, 0.3) is 0 Å². The first-order valence-corrected chi connectivity index (χ1v) is 6.50. The highest BCUT2D eigenvalue weighted by atomic mass is 19.1. The predicted molar refractivity (Wildman–Crippen MR) is 73.2 cm³/mol. The van der Waals surface area contributed by atoms with Gasteiger partial charge in [0.05, 0.1) is 6.61 Å². The smallest absolute Gasteiger partial charge is 0.165 e. The van der Waals surface area contributed by atoms with Gasteiger partial charge in [-0.05, 0) is 29.8 Å². The lowest BCUT2D eigenvalue weighted by Gasteiger charge is -2.34. The molecule has 0 radical (unpaired) electrons. The minimum absolute atomic E-state index is 0.197. The number of anilines is 1. The van der Waals surface area contributed by atoms with Crippen molar-refractivity contribution < 1.29 is 14.2 Å². The van der Waals surface area contributed by atoms with Gasteiger partial charge >= 0.3 is 0 Å².